The van der Waals surface area contributed by atoms with Crippen molar-refractivity contribution in [2.45, 2.75) is 37.8 Å². The van der Waals surface area contributed by atoms with Gasteiger partial charge >= 0.3 is 5.69 Å². The largest absolute Gasteiger partial charge is 0.496 e. The van der Waals surface area contributed by atoms with E-state index in [1.807, 2.05) is 12.1 Å². The van der Waals surface area contributed by atoms with Gasteiger partial charge < -0.3 is 19.5 Å². The van der Waals surface area contributed by atoms with E-state index in [1.54, 1.807) is 25.4 Å². The van der Waals surface area contributed by atoms with Gasteiger partial charge in [-0.15, -0.1) is 12.4 Å². The van der Waals surface area contributed by atoms with E-state index in [1.165, 1.54) is 15.7 Å². The Balaban J connectivity index is 0.00000228. The Kier molecular flexibility index (Phi) is 5.50. The standard InChI is InChI=1S/C24H24N4O4.ClH/c1-31-18-6-2-4-15-14(18)8-7-13-12-26-17(19(13)15)9-11-28-23(29)21-20(27-24(28)30)16-5-3-10-25-22(16)32-21;/h2-6,10,13,17,19,26H,7-9,11-12H2,1H3,(H,27,30);1H/t13-,17?,19+;/m0./s1. The number of furan rings is 1. The van der Waals surface area contributed by atoms with Crippen molar-refractivity contribution in [2.75, 3.05) is 13.7 Å². The van der Waals surface area contributed by atoms with E-state index in [0.29, 0.717) is 41.4 Å². The second kappa shape index (κ2) is 8.35. The first-order chi connectivity index (χ1) is 15.7. The molecule has 33 heavy (non-hydrogen) atoms. The maximum atomic E-state index is 13.1. The quantitative estimate of drug-likeness (QED) is 0.477. The average molecular weight is 469 g/mol. The lowest BCUT2D eigenvalue weighted by Crippen LogP contribution is -2.37. The molecule has 4 heterocycles. The molecule has 2 aliphatic rings. The number of fused-ring (bicyclic) bond motifs is 6. The number of pyridine rings is 1. The van der Waals surface area contributed by atoms with Gasteiger partial charge in [-0.2, -0.15) is 0 Å². The van der Waals surface area contributed by atoms with Crippen molar-refractivity contribution in [3.05, 3.63) is 68.5 Å². The zero-order valence-electron chi connectivity index (χ0n) is 18.2. The lowest BCUT2D eigenvalue weighted by atomic mass is 9.73. The van der Waals surface area contributed by atoms with E-state index in [2.05, 4.69) is 21.4 Å². The van der Waals surface area contributed by atoms with Crippen LogP contribution < -0.4 is 21.3 Å². The topological polar surface area (TPSA) is 102 Å². The normalized spacial score (nSPS) is 21.5. The number of halogens is 1. The average Bonchev–Trinajstić information content (AvgIpc) is 3.40. The molecule has 1 aromatic carbocycles. The van der Waals surface area contributed by atoms with Crippen LogP contribution in [-0.2, 0) is 13.0 Å². The first-order valence-corrected chi connectivity index (χ1v) is 11.0. The number of hydrogen-bond donors (Lipinski definition) is 2. The van der Waals surface area contributed by atoms with E-state index in [-0.39, 0.29) is 24.0 Å². The van der Waals surface area contributed by atoms with Crippen LogP contribution in [0, 0.1) is 5.92 Å². The minimum absolute atomic E-state index is 0. The molecular weight excluding hydrogens is 444 g/mol. The molecular formula is C24H25ClN4O4. The Morgan fingerprint density at radius 1 is 1.24 bits per heavy atom. The second-order valence-corrected chi connectivity index (χ2v) is 8.71. The molecule has 6 rings (SSSR count). The smallest absolute Gasteiger partial charge is 0.329 e. The number of ether oxygens (including phenoxy) is 1. The van der Waals surface area contributed by atoms with E-state index < -0.39 is 11.2 Å². The van der Waals surface area contributed by atoms with Crippen LogP contribution in [0.25, 0.3) is 22.2 Å². The van der Waals surface area contributed by atoms with Crippen LogP contribution in [0.4, 0.5) is 0 Å². The van der Waals surface area contributed by atoms with Crippen molar-refractivity contribution in [2.24, 2.45) is 5.92 Å². The summed E-state index contributed by atoms with van der Waals surface area (Å²) in [4.78, 5) is 32.8. The van der Waals surface area contributed by atoms with Gasteiger partial charge in [-0.3, -0.25) is 9.36 Å². The number of rotatable bonds is 4. The summed E-state index contributed by atoms with van der Waals surface area (Å²) in [6.07, 6.45) is 4.40. The van der Waals surface area contributed by atoms with Gasteiger partial charge in [0.2, 0.25) is 11.3 Å². The summed E-state index contributed by atoms with van der Waals surface area (Å²) >= 11 is 0. The zero-order chi connectivity index (χ0) is 21.8. The molecule has 1 saturated heterocycles. The number of benzene rings is 1. The number of nitrogens with one attached hydrogen (secondary N) is 2. The number of aromatic nitrogens is 3. The number of methoxy groups -OCH3 is 1. The van der Waals surface area contributed by atoms with Crippen molar-refractivity contribution in [3.8, 4) is 5.75 Å². The van der Waals surface area contributed by atoms with E-state index in [9.17, 15) is 9.59 Å². The zero-order valence-corrected chi connectivity index (χ0v) is 19.0. The molecule has 0 bridgehead atoms. The fourth-order valence-electron chi connectivity index (χ4n) is 5.67. The van der Waals surface area contributed by atoms with Gasteiger partial charge in [-0.1, -0.05) is 12.1 Å². The Bertz CT molecular complexity index is 1460. The van der Waals surface area contributed by atoms with Gasteiger partial charge in [-0.25, -0.2) is 9.78 Å². The fourth-order valence-corrected chi connectivity index (χ4v) is 5.67. The molecule has 2 N–H and O–H groups in total. The maximum absolute atomic E-state index is 13.1. The predicted octanol–water partition coefficient (Wildman–Crippen LogP) is 2.97. The van der Waals surface area contributed by atoms with Crippen molar-refractivity contribution in [1.82, 2.24) is 19.9 Å². The van der Waals surface area contributed by atoms with Crippen LogP contribution in [0.5, 0.6) is 5.75 Å². The van der Waals surface area contributed by atoms with Crippen LogP contribution in [0.15, 0.2) is 50.5 Å². The van der Waals surface area contributed by atoms with Gasteiger partial charge in [0.15, 0.2) is 0 Å². The van der Waals surface area contributed by atoms with Gasteiger partial charge in [0.25, 0.3) is 5.56 Å². The van der Waals surface area contributed by atoms with Crippen molar-refractivity contribution in [1.29, 1.82) is 0 Å². The van der Waals surface area contributed by atoms with Gasteiger partial charge in [0.1, 0.15) is 11.3 Å². The predicted molar refractivity (Wildman–Crippen MR) is 128 cm³/mol. The lowest BCUT2D eigenvalue weighted by Gasteiger charge is -2.32. The minimum atomic E-state index is -0.422. The van der Waals surface area contributed by atoms with Crippen LogP contribution in [0.3, 0.4) is 0 Å². The third kappa shape index (κ3) is 3.36. The monoisotopic (exact) mass is 468 g/mol. The molecule has 3 atom stereocenters. The summed E-state index contributed by atoms with van der Waals surface area (Å²) < 4.78 is 12.5. The molecule has 8 nitrogen and oxygen atoms in total. The molecule has 0 saturated carbocycles. The third-order valence-electron chi connectivity index (χ3n) is 7.14. The first-order valence-electron chi connectivity index (χ1n) is 11.0. The van der Waals surface area contributed by atoms with Crippen LogP contribution in [-0.4, -0.2) is 34.2 Å². The Morgan fingerprint density at radius 2 is 2.12 bits per heavy atom. The Hall–Kier alpha value is -3.10. The van der Waals surface area contributed by atoms with Crippen LogP contribution >= 0.6 is 12.4 Å². The highest BCUT2D eigenvalue weighted by Crippen LogP contribution is 2.45. The molecule has 172 valence electrons. The summed E-state index contributed by atoms with van der Waals surface area (Å²) in [5.41, 5.74) is 2.68. The highest BCUT2D eigenvalue weighted by Gasteiger charge is 2.40. The summed E-state index contributed by atoms with van der Waals surface area (Å²) in [5, 5.41) is 4.28. The van der Waals surface area contributed by atoms with Crippen LogP contribution in [0.1, 0.15) is 29.9 Å². The number of nitrogens with zero attached hydrogens (tertiary/aromatic N) is 2. The molecule has 1 fully saturated rings. The molecule has 1 aliphatic heterocycles. The molecule has 9 heteroatoms. The SMILES string of the molecule is COc1cccc2c1CC[C@H]1CNC(CCn3c(=O)[nH]c4c(oc5ncccc54)c3=O)[C@@H]21.Cl. The van der Waals surface area contributed by atoms with Gasteiger partial charge in [0, 0.05) is 24.7 Å². The highest BCUT2D eigenvalue weighted by atomic mass is 35.5. The molecule has 3 aromatic heterocycles. The summed E-state index contributed by atoms with van der Waals surface area (Å²) in [7, 11) is 1.72. The number of H-pyrrole nitrogens is 1. The highest BCUT2D eigenvalue weighted by molar-refractivity contribution is 6.00. The summed E-state index contributed by atoms with van der Waals surface area (Å²) in [5.74, 6) is 1.85. The second-order valence-electron chi connectivity index (χ2n) is 8.71. The van der Waals surface area contributed by atoms with Crippen molar-refractivity contribution in [3.63, 3.8) is 0 Å². The molecule has 1 unspecified atom stereocenters. The number of aromatic amines is 1. The lowest BCUT2D eigenvalue weighted by molar-refractivity contribution is 0.370. The fraction of sp³-hybridized carbons (Fsp3) is 0.375. The Morgan fingerprint density at radius 3 is 2.97 bits per heavy atom. The van der Waals surface area contributed by atoms with Crippen LogP contribution in [0.2, 0.25) is 0 Å². The third-order valence-corrected chi connectivity index (χ3v) is 7.14. The van der Waals surface area contributed by atoms with E-state index in [4.69, 9.17) is 9.15 Å². The Labute approximate surface area is 195 Å². The number of hydrogen-bond acceptors (Lipinski definition) is 6. The maximum Gasteiger partial charge on any atom is 0.329 e. The molecule has 4 aromatic rings. The molecule has 0 amide bonds. The summed E-state index contributed by atoms with van der Waals surface area (Å²) in [6, 6.07) is 9.99. The van der Waals surface area contributed by atoms with Crippen molar-refractivity contribution < 1.29 is 9.15 Å². The molecule has 1 aliphatic carbocycles. The molecule has 0 spiro atoms. The van der Waals surface area contributed by atoms with E-state index in [0.717, 1.165) is 25.1 Å². The van der Waals surface area contributed by atoms with Gasteiger partial charge in [0.05, 0.1) is 12.5 Å². The first kappa shape index (κ1) is 21.7. The van der Waals surface area contributed by atoms with E-state index >= 15 is 0 Å². The van der Waals surface area contributed by atoms with Gasteiger partial charge in [-0.05, 0) is 61.1 Å². The minimum Gasteiger partial charge on any atom is -0.496 e. The van der Waals surface area contributed by atoms with Crippen molar-refractivity contribution >= 4 is 34.6 Å². The summed E-state index contributed by atoms with van der Waals surface area (Å²) in [6.45, 7) is 1.26. The molecule has 0 radical (unpaired) electrons.